The first-order chi connectivity index (χ1) is 34.6. The van der Waals surface area contributed by atoms with Crippen LogP contribution in [0.3, 0.4) is 0 Å². The van der Waals surface area contributed by atoms with Crippen LogP contribution >= 0.6 is 0 Å². The van der Waals surface area contributed by atoms with Crippen molar-refractivity contribution in [3.05, 3.63) is 252 Å². The highest BCUT2D eigenvalue weighted by Crippen LogP contribution is 2.47. The molecule has 1 N–H and O–H groups in total. The van der Waals surface area contributed by atoms with E-state index >= 15 is 0 Å². The van der Waals surface area contributed by atoms with E-state index in [1.165, 1.54) is 105 Å². The van der Waals surface area contributed by atoms with E-state index in [0.29, 0.717) is 5.92 Å². The van der Waals surface area contributed by atoms with Gasteiger partial charge in [0.05, 0.1) is 22.2 Å². The lowest BCUT2D eigenvalue weighted by molar-refractivity contribution is 0.577. The van der Waals surface area contributed by atoms with Crippen LogP contribution < -0.4 is 5.32 Å². The summed E-state index contributed by atoms with van der Waals surface area (Å²) in [5, 5.41) is 13.6. The quantitative estimate of drug-likeness (QED) is 0.165. The van der Waals surface area contributed by atoms with Crippen molar-refractivity contribution in [3.63, 3.8) is 0 Å². The lowest BCUT2D eigenvalue weighted by Gasteiger charge is -2.32. The number of nitrogens with zero attached hydrogens (tertiary/aromatic N) is 3. The van der Waals surface area contributed by atoms with Gasteiger partial charge in [0.25, 0.3) is 0 Å². The fourth-order valence-corrected chi connectivity index (χ4v) is 11.6. The second-order valence-corrected chi connectivity index (χ2v) is 19.2. The van der Waals surface area contributed by atoms with Crippen LogP contribution in [0.2, 0.25) is 0 Å². The van der Waals surface area contributed by atoms with E-state index in [1.54, 1.807) is 0 Å². The minimum Gasteiger partial charge on any atom is -0.381 e. The van der Waals surface area contributed by atoms with Gasteiger partial charge in [0, 0.05) is 57.6 Å². The maximum Gasteiger partial charge on any atom is 0.0934 e. The Morgan fingerprint density at radius 3 is 2.19 bits per heavy atom. The maximum absolute atomic E-state index is 5.14. The van der Waals surface area contributed by atoms with E-state index in [9.17, 15) is 0 Å². The van der Waals surface area contributed by atoms with E-state index in [0.717, 1.165) is 36.0 Å². The highest BCUT2D eigenvalue weighted by molar-refractivity contribution is 6.09. The van der Waals surface area contributed by atoms with Crippen LogP contribution in [0.4, 0.5) is 5.69 Å². The average molecular weight is 901 g/mol. The summed E-state index contributed by atoms with van der Waals surface area (Å²) in [6, 6.07) is 62.7. The Bertz CT molecular complexity index is 3840. The molecule has 10 aromatic rings. The largest absolute Gasteiger partial charge is 0.381 e. The zero-order chi connectivity index (χ0) is 46.7. The Morgan fingerprint density at radius 1 is 0.643 bits per heavy atom. The molecule has 3 aliphatic rings. The molecule has 0 amide bonds. The van der Waals surface area contributed by atoms with Gasteiger partial charge in [-0.25, -0.2) is 4.52 Å². The van der Waals surface area contributed by atoms with E-state index in [1.807, 2.05) is 12.3 Å². The monoisotopic (exact) mass is 900 g/mol. The predicted octanol–water partition coefficient (Wildman–Crippen LogP) is 16.7. The van der Waals surface area contributed by atoms with Crippen LogP contribution in [0.15, 0.2) is 213 Å². The molecule has 4 heterocycles. The summed E-state index contributed by atoms with van der Waals surface area (Å²) in [5.41, 5.74) is 21.9. The van der Waals surface area contributed by atoms with Crippen molar-refractivity contribution < 1.29 is 0 Å². The van der Waals surface area contributed by atoms with Gasteiger partial charge in [0.2, 0.25) is 0 Å². The van der Waals surface area contributed by atoms with Crippen molar-refractivity contribution >= 4 is 66.6 Å². The van der Waals surface area contributed by atoms with Gasteiger partial charge < -0.3 is 5.32 Å². The minimum atomic E-state index is 0.194. The lowest BCUT2D eigenvalue weighted by atomic mass is 9.72. The molecule has 1 aliphatic heterocycles. The van der Waals surface area contributed by atoms with Gasteiger partial charge in [0.1, 0.15) is 0 Å². The lowest BCUT2D eigenvalue weighted by Crippen LogP contribution is -2.16. The Balaban J connectivity index is 0.836. The minimum absolute atomic E-state index is 0.194. The van der Waals surface area contributed by atoms with Crippen molar-refractivity contribution in [2.45, 2.75) is 38.5 Å². The molecule has 2 unspecified atom stereocenters. The summed E-state index contributed by atoms with van der Waals surface area (Å²) in [7, 11) is 0. The molecular weight excluding hydrogens is 849 g/mol. The Hall–Kier alpha value is -8.34. The second kappa shape index (κ2) is 17.3. The number of anilines is 1. The molecule has 0 saturated heterocycles. The first-order valence-corrected chi connectivity index (χ1v) is 24.9. The number of aryl methyl sites for hydroxylation is 1. The third kappa shape index (κ3) is 7.22. The first kappa shape index (κ1) is 41.8. The molecule has 7 aromatic carbocycles. The molecule has 13 rings (SSSR count). The average Bonchev–Trinajstić information content (AvgIpc) is 3.83. The highest BCUT2D eigenvalue weighted by Gasteiger charge is 2.29. The van der Waals surface area contributed by atoms with Crippen LogP contribution in [0.5, 0.6) is 0 Å². The summed E-state index contributed by atoms with van der Waals surface area (Å²) in [6.07, 6.45) is 20.3. The molecule has 4 nitrogen and oxygen atoms in total. The summed E-state index contributed by atoms with van der Waals surface area (Å²) in [5.74, 6) is 0.707. The topological polar surface area (TPSA) is 42.2 Å². The van der Waals surface area contributed by atoms with Gasteiger partial charge in [-0.3, -0.25) is 4.98 Å². The number of hydrogen-bond acceptors (Lipinski definition) is 3. The van der Waals surface area contributed by atoms with Gasteiger partial charge in [-0.2, -0.15) is 5.10 Å². The molecule has 0 fully saturated rings. The summed E-state index contributed by atoms with van der Waals surface area (Å²) < 4.78 is 2.20. The van der Waals surface area contributed by atoms with E-state index in [4.69, 9.17) is 10.1 Å². The third-order valence-corrected chi connectivity index (χ3v) is 15.2. The van der Waals surface area contributed by atoms with Crippen molar-refractivity contribution in [2.24, 2.45) is 5.92 Å². The number of para-hydroxylation sites is 1. The van der Waals surface area contributed by atoms with Crippen LogP contribution in [0, 0.1) is 12.8 Å². The summed E-state index contributed by atoms with van der Waals surface area (Å²) >= 11 is 0. The number of benzene rings is 7. The number of fused-ring (bicyclic) bond motifs is 7. The number of pyridine rings is 2. The number of nitrogens with one attached hydrogen (secondary N) is 1. The number of hydrogen-bond donors (Lipinski definition) is 1. The zero-order valence-corrected chi connectivity index (χ0v) is 39.5. The van der Waals surface area contributed by atoms with E-state index < -0.39 is 0 Å². The molecule has 3 aromatic heterocycles. The van der Waals surface area contributed by atoms with E-state index in [2.05, 4.69) is 230 Å². The standard InChI is InChI=1S/C66H52N4/c1-3-54-60(48-30-26-46(27-31-48)56-16-8-12-51-13-9-37-67-64(51)56)39-53(40-61(54)49-32-28-47(29-33-49)57-36-19-42(2)55-17-10-38-68-65(55)57)45-22-20-43(21-23-45)44-24-34-50(35-25-44)63-41-52-11-4-5-14-58(52)66-59-15-6-7-18-62(59)69-70(63)66/h4-34,36,38-41,50,54,60,67H,3,35,37H2,1-2H3/t50?,54-,60?/m0/s1. The van der Waals surface area contributed by atoms with Crippen molar-refractivity contribution in [1.82, 2.24) is 14.6 Å². The van der Waals surface area contributed by atoms with Crippen molar-refractivity contribution in [3.8, 4) is 22.3 Å². The molecule has 3 atom stereocenters. The Kier molecular flexibility index (Phi) is 10.3. The fourth-order valence-electron chi connectivity index (χ4n) is 11.6. The number of rotatable bonds is 8. The Labute approximate surface area is 409 Å². The van der Waals surface area contributed by atoms with Crippen LogP contribution in [-0.4, -0.2) is 21.1 Å². The molecule has 70 heavy (non-hydrogen) atoms. The number of aromatic nitrogens is 3. The maximum atomic E-state index is 5.14. The zero-order valence-electron chi connectivity index (χ0n) is 39.5. The fraction of sp³-hybridized carbons (Fsp3) is 0.121. The smallest absolute Gasteiger partial charge is 0.0934 e. The predicted molar refractivity (Wildman–Crippen MR) is 295 cm³/mol. The Morgan fingerprint density at radius 2 is 1.37 bits per heavy atom. The molecule has 4 heteroatoms. The SMILES string of the molecule is CC[C@@H]1C(c2ccc(-c3ccc(C)c4cccnc34)cc2)=CC(c2ccc(C3=CCC(c4cc5ccccc5c5c6ccccc6nn45)C=C3)cc2)=CC1c1ccc(-c2cccc3c2NCC=C3)cc1. The first-order valence-electron chi connectivity index (χ1n) is 24.9. The van der Waals surface area contributed by atoms with E-state index in [-0.39, 0.29) is 11.8 Å². The summed E-state index contributed by atoms with van der Waals surface area (Å²) in [4.78, 5) is 4.83. The number of allylic oxidation sites excluding steroid dienone is 8. The molecule has 0 radical (unpaired) electrons. The van der Waals surface area contributed by atoms with Gasteiger partial charge in [0.15, 0.2) is 0 Å². The normalized spacial score (nSPS) is 17.6. The second-order valence-electron chi connectivity index (χ2n) is 19.2. The summed E-state index contributed by atoms with van der Waals surface area (Å²) in [6.45, 7) is 5.35. The molecule has 336 valence electrons. The molecule has 0 spiro atoms. The molecular formula is C66H52N4. The molecule has 0 bridgehead atoms. The molecule has 0 saturated carbocycles. The van der Waals surface area contributed by atoms with Gasteiger partial charge >= 0.3 is 0 Å². The highest BCUT2D eigenvalue weighted by atomic mass is 15.2. The van der Waals surface area contributed by atoms with Crippen LogP contribution in [0.25, 0.3) is 83.1 Å². The van der Waals surface area contributed by atoms with Gasteiger partial charge in [-0.15, -0.1) is 0 Å². The van der Waals surface area contributed by atoms with Crippen LogP contribution in [-0.2, 0) is 0 Å². The van der Waals surface area contributed by atoms with Crippen molar-refractivity contribution in [2.75, 3.05) is 11.9 Å². The van der Waals surface area contributed by atoms with Gasteiger partial charge in [-0.05, 0) is 110 Å². The van der Waals surface area contributed by atoms with Crippen LogP contribution in [0.1, 0.15) is 70.7 Å². The van der Waals surface area contributed by atoms with Crippen molar-refractivity contribution in [1.29, 1.82) is 0 Å². The third-order valence-electron chi connectivity index (χ3n) is 15.2. The molecule has 2 aliphatic carbocycles. The van der Waals surface area contributed by atoms with Gasteiger partial charge in [-0.1, -0.05) is 201 Å².